The molecule has 3 rings (SSSR count). The first-order valence-electron chi connectivity index (χ1n) is 6.96. The van der Waals surface area contributed by atoms with Crippen LogP contribution in [0.5, 0.6) is 11.5 Å². The van der Waals surface area contributed by atoms with Crippen LogP contribution < -0.4 is 14.8 Å². The van der Waals surface area contributed by atoms with Crippen molar-refractivity contribution in [3.8, 4) is 11.5 Å². The number of anilines is 1. The lowest BCUT2D eigenvalue weighted by molar-refractivity contribution is 0.173. The Balaban J connectivity index is 1.79. The molecular weight excluding hydrogens is 250 g/mol. The largest absolute Gasteiger partial charge is 0.454 e. The highest BCUT2D eigenvalue weighted by atomic mass is 16.7. The van der Waals surface area contributed by atoms with Gasteiger partial charge in [0.1, 0.15) is 0 Å². The van der Waals surface area contributed by atoms with Crippen molar-refractivity contribution >= 4 is 5.69 Å². The van der Waals surface area contributed by atoms with E-state index in [1.165, 1.54) is 11.3 Å². The minimum Gasteiger partial charge on any atom is -0.454 e. The highest BCUT2D eigenvalue weighted by Crippen LogP contribution is 2.36. The summed E-state index contributed by atoms with van der Waals surface area (Å²) in [6, 6.07) is 14.4. The lowest BCUT2D eigenvalue weighted by Gasteiger charge is -2.15. The van der Waals surface area contributed by atoms with Gasteiger partial charge in [-0.3, -0.25) is 0 Å². The standard InChI is InChI=1S/C17H19NO2/c1-12(2)14-7-3-4-8-15(14)18-10-13-6-5-9-16-17(13)20-11-19-16/h3-9,12,18H,10-11H2,1-2H3. The lowest BCUT2D eigenvalue weighted by atomic mass is 10.0. The molecule has 0 amide bonds. The molecule has 2 aromatic carbocycles. The third-order valence-electron chi connectivity index (χ3n) is 3.53. The smallest absolute Gasteiger partial charge is 0.231 e. The normalized spacial score (nSPS) is 12.8. The van der Waals surface area contributed by atoms with Crippen molar-refractivity contribution in [1.82, 2.24) is 0 Å². The van der Waals surface area contributed by atoms with Crippen LogP contribution in [0.3, 0.4) is 0 Å². The second-order valence-electron chi connectivity index (χ2n) is 5.25. The van der Waals surface area contributed by atoms with Crippen LogP contribution in [0, 0.1) is 0 Å². The minimum atomic E-state index is 0.314. The quantitative estimate of drug-likeness (QED) is 0.904. The van der Waals surface area contributed by atoms with E-state index >= 15 is 0 Å². The Kier molecular flexibility index (Phi) is 3.50. The second-order valence-corrected chi connectivity index (χ2v) is 5.25. The van der Waals surface area contributed by atoms with E-state index in [0.717, 1.165) is 23.6 Å². The summed E-state index contributed by atoms with van der Waals surface area (Å²) in [6.07, 6.45) is 0. The summed E-state index contributed by atoms with van der Waals surface area (Å²) >= 11 is 0. The maximum atomic E-state index is 5.53. The summed E-state index contributed by atoms with van der Waals surface area (Å²) in [5, 5.41) is 3.51. The first-order valence-corrected chi connectivity index (χ1v) is 6.96. The number of hydrogen-bond acceptors (Lipinski definition) is 3. The Morgan fingerprint density at radius 3 is 2.75 bits per heavy atom. The molecule has 0 aliphatic carbocycles. The minimum absolute atomic E-state index is 0.314. The monoisotopic (exact) mass is 269 g/mol. The molecule has 0 saturated carbocycles. The molecule has 0 spiro atoms. The molecule has 0 aromatic heterocycles. The summed E-state index contributed by atoms with van der Waals surface area (Å²) in [7, 11) is 0. The second kappa shape index (κ2) is 5.45. The molecule has 1 aliphatic heterocycles. The van der Waals surface area contributed by atoms with Gasteiger partial charge in [0.05, 0.1) is 0 Å². The van der Waals surface area contributed by atoms with E-state index < -0.39 is 0 Å². The van der Waals surface area contributed by atoms with E-state index in [4.69, 9.17) is 9.47 Å². The van der Waals surface area contributed by atoms with Gasteiger partial charge in [0.15, 0.2) is 11.5 Å². The van der Waals surface area contributed by atoms with Crippen LogP contribution in [0.15, 0.2) is 42.5 Å². The SMILES string of the molecule is CC(C)c1ccccc1NCc1cccc2c1OCO2. The molecule has 0 unspecified atom stereocenters. The van der Waals surface area contributed by atoms with Crippen LogP contribution in [0.25, 0.3) is 0 Å². The van der Waals surface area contributed by atoms with Crippen molar-refractivity contribution < 1.29 is 9.47 Å². The van der Waals surface area contributed by atoms with Crippen LogP contribution in [-0.2, 0) is 6.54 Å². The fourth-order valence-corrected chi connectivity index (χ4v) is 2.48. The predicted molar refractivity (Wildman–Crippen MR) is 80.4 cm³/mol. The fourth-order valence-electron chi connectivity index (χ4n) is 2.48. The summed E-state index contributed by atoms with van der Waals surface area (Å²) in [5.41, 5.74) is 3.63. The lowest BCUT2D eigenvalue weighted by Crippen LogP contribution is -2.04. The molecule has 0 radical (unpaired) electrons. The van der Waals surface area contributed by atoms with Crippen LogP contribution in [0.1, 0.15) is 30.9 Å². The number of nitrogens with one attached hydrogen (secondary N) is 1. The Bertz CT molecular complexity index is 608. The van der Waals surface area contributed by atoms with Crippen molar-refractivity contribution in [3.05, 3.63) is 53.6 Å². The molecular formula is C17H19NO2. The number of hydrogen-bond donors (Lipinski definition) is 1. The van der Waals surface area contributed by atoms with Gasteiger partial charge >= 0.3 is 0 Å². The van der Waals surface area contributed by atoms with E-state index in [9.17, 15) is 0 Å². The van der Waals surface area contributed by atoms with Gasteiger partial charge in [-0.1, -0.05) is 44.2 Å². The molecule has 1 N–H and O–H groups in total. The van der Waals surface area contributed by atoms with Gasteiger partial charge in [-0.05, 0) is 23.6 Å². The molecule has 0 bridgehead atoms. The fraction of sp³-hybridized carbons (Fsp3) is 0.294. The van der Waals surface area contributed by atoms with Crippen molar-refractivity contribution in [2.45, 2.75) is 26.3 Å². The summed E-state index contributed by atoms with van der Waals surface area (Å²) in [4.78, 5) is 0. The Morgan fingerprint density at radius 1 is 1.05 bits per heavy atom. The predicted octanol–water partition coefficient (Wildman–Crippen LogP) is 4.15. The summed E-state index contributed by atoms with van der Waals surface area (Å²) < 4.78 is 10.9. The van der Waals surface area contributed by atoms with Crippen molar-refractivity contribution in [2.24, 2.45) is 0 Å². The van der Waals surface area contributed by atoms with E-state index in [1.54, 1.807) is 0 Å². The van der Waals surface area contributed by atoms with E-state index in [-0.39, 0.29) is 0 Å². The third-order valence-corrected chi connectivity index (χ3v) is 3.53. The van der Waals surface area contributed by atoms with Gasteiger partial charge in [-0.25, -0.2) is 0 Å². The molecule has 3 heteroatoms. The summed E-state index contributed by atoms with van der Waals surface area (Å²) in [5.74, 6) is 2.20. The van der Waals surface area contributed by atoms with Gasteiger partial charge in [0, 0.05) is 17.8 Å². The number of benzene rings is 2. The van der Waals surface area contributed by atoms with Crippen LogP contribution in [0.2, 0.25) is 0 Å². The third kappa shape index (κ3) is 2.44. The van der Waals surface area contributed by atoms with Crippen LogP contribution in [0.4, 0.5) is 5.69 Å². The highest BCUT2D eigenvalue weighted by Gasteiger charge is 2.17. The van der Waals surface area contributed by atoms with E-state index in [2.05, 4.69) is 49.5 Å². The van der Waals surface area contributed by atoms with Crippen molar-refractivity contribution in [1.29, 1.82) is 0 Å². The Hall–Kier alpha value is -2.16. The maximum Gasteiger partial charge on any atom is 0.231 e. The van der Waals surface area contributed by atoms with E-state index in [1.807, 2.05) is 12.1 Å². The molecule has 2 aromatic rings. The zero-order chi connectivity index (χ0) is 13.9. The first kappa shape index (κ1) is 12.9. The molecule has 1 heterocycles. The van der Waals surface area contributed by atoms with Gasteiger partial charge in [-0.15, -0.1) is 0 Å². The molecule has 0 fully saturated rings. The average molecular weight is 269 g/mol. The van der Waals surface area contributed by atoms with Crippen molar-refractivity contribution in [3.63, 3.8) is 0 Å². The molecule has 0 atom stereocenters. The molecule has 0 saturated heterocycles. The number of fused-ring (bicyclic) bond motifs is 1. The van der Waals surface area contributed by atoms with E-state index in [0.29, 0.717) is 12.7 Å². The number of para-hydroxylation sites is 2. The Morgan fingerprint density at radius 2 is 1.90 bits per heavy atom. The van der Waals surface area contributed by atoms with Crippen LogP contribution in [-0.4, -0.2) is 6.79 Å². The number of ether oxygens (including phenoxy) is 2. The Labute approximate surface area is 119 Å². The van der Waals surface area contributed by atoms with Gasteiger partial charge in [-0.2, -0.15) is 0 Å². The summed E-state index contributed by atoms with van der Waals surface area (Å²) in [6.45, 7) is 5.46. The zero-order valence-electron chi connectivity index (χ0n) is 11.8. The van der Waals surface area contributed by atoms with Gasteiger partial charge in [0.2, 0.25) is 6.79 Å². The molecule has 104 valence electrons. The molecule has 3 nitrogen and oxygen atoms in total. The van der Waals surface area contributed by atoms with Crippen molar-refractivity contribution in [2.75, 3.05) is 12.1 Å². The molecule has 1 aliphatic rings. The average Bonchev–Trinajstić information content (AvgIpc) is 2.94. The highest BCUT2D eigenvalue weighted by molar-refractivity contribution is 5.55. The number of rotatable bonds is 4. The topological polar surface area (TPSA) is 30.5 Å². The van der Waals surface area contributed by atoms with Gasteiger partial charge < -0.3 is 14.8 Å². The first-order chi connectivity index (χ1) is 9.75. The molecule has 20 heavy (non-hydrogen) atoms. The maximum absolute atomic E-state index is 5.53. The van der Waals surface area contributed by atoms with Gasteiger partial charge in [0.25, 0.3) is 0 Å². The van der Waals surface area contributed by atoms with Crippen LogP contribution >= 0.6 is 0 Å². The zero-order valence-corrected chi connectivity index (χ0v) is 11.8.